The van der Waals surface area contributed by atoms with Crippen LogP contribution in [0.1, 0.15) is 5.69 Å². The lowest BCUT2D eigenvalue weighted by atomic mass is 10.2. The van der Waals surface area contributed by atoms with Gasteiger partial charge in [0, 0.05) is 30.1 Å². The molecule has 0 saturated heterocycles. The predicted molar refractivity (Wildman–Crippen MR) is 91.6 cm³/mol. The standard InChI is InChI=1S/C17H12ClF3N4O/c1-26-11-4-5-12(18)13(7-11)23-15-8-14(17(19,20)21)24-16(25-15)10-3-2-6-22-9-10/h2-9H,1H3,(H,23,24,25). The van der Waals surface area contributed by atoms with Gasteiger partial charge in [0.1, 0.15) is 11.6 Å². The minimum Gasteiger partial charge on any atom is -0.497 e. The molecule has 0 unspecified atom stereocenters. The van der Waals surface area contributed by atoms with Crippen LogP contribution in [0.5, 0.6) is 5.75 Å². The molecule has 1 N–H and O–H groups in total. The van der Waals surface area contributed by atoms with E-state index < -0.39 is 11.9 Å². The molecule has 1 aromatic carbocycles. The average molecular weight is 381 g/mol. The number of ether oxygens (including phenoxy) is 1. The highest BCUT2D eigenvalue weighted by Gasteiger charge is 2.34. The number of benzene rings is 1. The Balaban J connectivity index is 2.07. The van der Waals surface area contributed by atoms with E-state index in [1.807, 2.05) is 0 Å². The van der Waals surface area contributed by atoms with Crippen LogP contribution in [-0.4, -0.2) is 22.1 Å². The van der Waals surface area contributed by atoms with Crippen molar-refractivity contribution in [1.29, 1.82) is 0 Å². The van der Waals surface area contributed by atoms with E-state index in [0.717, 1.165) is 6.07 Å². The molecule has 0 spiro atoms. The summed E-state index contributed by atoms with van der Waals surface area (Å²) in [5.74, 6) is 0.338. The van der Waals surface area contributed by atoms with Crippen LogP contribution in [0.2, 0.25) is 5.02 Å². The molecule has 2 aromatic heterocycles. The van der Waals surface area contributed by atoms with Crippen molar-refractivity contribution >= 4 is 23.1 Å². The molecule has 0 atom stereocenters. The average Bonchev–Trinajstić information content (AvgIpc) is 2.63. The Kier molecular flexibility index (Phi) is 4.94. The summed E-state index contributed by atoms with van der Waals surface area (Å²) in [4.78, 5) is 11.6. The van der Waals surface area contributed by atoms with Gasteiger partial charge in [0.15, 0.2) is 11.5 Å². The topological polar surface area (TPSA) is 59.9 Å². The van der Waals surface area contributed by atoms with E-state index in [4.69, 9.17) is 16.3 Å². The Hall–Kier alpha value is -2.87. The lowest BCUT2D eigenvalue weighted by Gasteiger charge is -2.13. The van der Waals surface area contributed by atoms with Gasteiger partial charge in [-0.25, -0.2) is 9.97 Å². The minimum atomic E-state index is -4.63. The maximum atomic E-state index is 13.2. The zero-order valence-electron chi connectivity index (χ0n) is 13.4. The SMILES string of the molecule is COc1ccc(Cl)c(Nc2cc(C(F)(F)F)nc(-c3cccnc3)n2)c1. The van der Waals surface area contributed by atoms with Gasteiger partial charge in [0.05, 0.1) is 17.8 Å². The molecule has 0 aliphatic rings. The normalized spacial score (nSPS) is 11.3. The van der Waals surface area contributed by atoms with Crippen molar-refractivity contribution in [1.82, 2.24) is 15.0 Å². The summed E-state index contributed by atoms with van der Waals surface area (Å²) in [7, 11) is 1.47. The van der Waals surface area contributed by atoms with Crippen LogP contribution in [0.15, 0.2) is 48.8 Å². The van der Waals surface area contributed by atoms with Gasteiger partial charge in [-0.3, -0.25) is 4.98 Å². The van der Waals surface area contributed by atoms with E-state index in [9.17, 15) is 13.2 Å². The van der Waals surface area contributed by atoms with E-state index >= 15 is 0 Å². The molecular weight excluding hydrogens is 369 g/mol. The molecule has 5 nitrogen and oxygen atoms in total. The summed E-state index contributed by atoms with van der Waals surface area (Å²) in [5, 5.41) is 3.09. The second-order valence-electron chi connectivity index (χ2n) is 5.17. The second-order valence-corrected chi connectivity index (χ2v) is 5.58. The van der Waals surface area contributed by atoms with Crippen LogP contribution in [0, 0.1) is 0 Å². The molecule has 134 valence electrons. The molecule has 0 aliphatic heterocycles. The summed E-state index contributed by atoms with van der Waals surface area (Å²) in [6, 6.07) is 8.74. The Morgan fingerprint density at radius 1 is 1.12 bits per heavy atom. The number of nitrogens with zero attached hydrogens (tertiary/aromatic N) is 3. The molecule has 26 heavy (non-hydrogen) atoms. The van der Waals surface area contributed by atoms with Gasteiger partial charge in [-0.05, 0) is 24.3 Å². The number of methoxy groups -OCH3 is 1. The molecule has 3 rings (SSSR count). The van der Waals surface area contributed by atoms with E-state index in [-0.39, 0.29) is 11.6 Å². The van der Waals surface area contributed by atoms with Gasteiger partial charge < -0.3 is 10.1 Å². The van der Waals surface area contributed by atoms with Crippen LogP contribution in [0.3, 0.4) is 0 Å². The number of pyridine rings is 1. The third kappa shape index (κ3) is 4.02. The number of anilines is 2. The summed E-state index contributed by atoms with van der Waals surface area (Å²) in [6.07, 6.45) is -1.74. The fraction of sp³-hybridized carbons (Fsp3) is 0.118. The van der Waals surface area contributed by atoms with Gasteiger partial charge in [-0.15, -0.1) is 0 Å². The molecule has 0 radical (unpaired) electrons. The molecule has 0 bridgehead atoms. The summed E-state index contributed by atoms with van der Waals surface area (Å²) in [5.41, 5.74) is -0.360. The first kappa shape index (κ1) is 17.9. The van der Waals surface area contributed by atoms with Crippen molar-refractivity contribution in [2.75, 3.05) is 12.4 Å². The smallest absolute Gasteiger partial charge is 0.433 e. The maximum Gasteiger partial charge on any atom is 0.433 e. The van der Waals surface area contributed by atoms with Crippen LogP contribution in [-0.2, 0) is 6.18 Å². The Bertz CT molecular complexity index is 920. The van der Waals surface area contributed by atoms with Gasteiger partial charge in [0.2, 0.25) is 0 Å². The van der Waals surface area contributed by atoms with Gasteiger partial charge in [-0.2, -0.15) is 13.2 Å². The first-order chi connectivity index (χ1) is 12.4. The number of rotatable bonds is 4. The molecule has 0 saturated carbocycles. The van der Waals surface area contributed by atoms with Gasteiger partial charge >= 0.3 is 6.18 Å². The van der Waals surface area contributed by atoms with Gasteiger partial charge in [0.25, 0.3) is 0 Å². The van der Waals surface area contributed by atoms with Crippen LogP contribution >= 0.6 is 11.6 Å². The van der Waals surface area contributed by atoms with Crippen LogP contribution in [0.4, 0.5) is 24.7 Å². The van der Waals surface area contributed by atoms with Crippen LogP contribution in [0.25, 0.3) is 11.4 Å². The summed E-state index contributed by atoms with van der Waals surface area (Å²) < 4.78 is 44.8. The summed E-state index contributed by atoms with van der Waals surface area (Å²) >= 11 is 6.10. The lowest BCUT2D eigenvalue weighted by molar-refractivity contribution is -0.141. The van der Waals surface area contributed by atoms with Crippen LogP contribution < -0.4 is 10.1 Å². The Morgan fingerprint density at radius 3 is 2.58 bits per heavy atom. The largest absolute Gasteiger partial charge is 0.497 e. The van der Waals surface area contributed by atoms with E-state index in [2.05, 4.69) is 20.3 Å². The fourth-order valence-electron chi connectivity index (χ4n) is 2.15. The summed E-state index contributed by atoms with van der Waals surface area (Å²) in [6.45, 7) is 0. The van der Waals surface area contributed by atoms with Crippen molar-refractivity contribution in [3.8, 4) is 17.1 Å². The number of nitrogens with one attached hydrogen (secondary N) is 1. The first-order valence-corrected chi connectivity index (χ1v) is 7.72. The monoisotopic (exact) mass is 380 g/mol. The van der Waals surface area contributed by atoms with Crippen molar-refractivity contribution in [2.45, 2.75) is 6.18 Å². The van der Waals surface area contributed by atoms with Crippen molar-refractivity contribution < 1.29 is 17.9 Å². The van der Waals surface area contributed by atoms with Gasteiger partial charge in [-0.1, -0.05) is 11.6 Å². The highest BCUT2D eigenvalue weighted by Crippen LogP contribution is 2.33. The number of aromatic nitrogens is 3. The molecule has 0 aliphatic carbocycles. The molecule has 9 heteroatoms. The number of hydrogen-bond acceptors (Lipinski definition) is 5. The maximum absolute atomic E-state index is 13.2. The number of hydrogen-bond donors (Lipinski definition) is 1. The Labute approximate surface area is 151 Å². The molecule has 3 aromatic rings. The van der Waals surface area contributed by atoms with E-state index in [1.165, 1.54) is 19.5 Å². The Morgan fingerprint density at radius 2 is 1.92 bits per heavy atom. The fourth-order valence-corrected chi connectivity index (χ4v) is 2.31. The number of alkyl halides is 3. The lowest BCUT2D eigenvalue weighted by Crippen LogP contribution is -2.11. The zero-order valence-corrected chi connectivity index (χ0v) is 14.1. The minimum absolute atomic E-state index is 0.0543. The van der Waals surface area contributed by atoms with E-state index in [0.29, 0.717) is 22.0 Å². The van der Waals surface area contributed by atoms with Crippen molar-refractivity contribution in [3.63, 3.8) is 0 Å². The van der Waals surface area contributed by atoms with E-state index in [1.54, 1.807) is 30.3 Å². The zero-order chi connectivity index (χ0) is 18.7. The third-order valence-electron chi connectivity index (χ3n) is 3.37. The second kappa shape index (κ2) is 7.17. The van der Waals surface area contributed by atoms with Crippen molar-refractivity contribution in [2.24, 2.45) is 0 Å². The van der Waals surface area contributed by atoms with Crippen molar-refractivity contribution in [3.05, 3.63) is 59.5 Å². The number of halogens is 4. The highest BCUT2D eigenvalue weighted by atomic mass is 35.5. The molecule has 0 fully saturated rings. The predicted octanol–water partition coefficient (Wildman–Crippen LogP) is 4.96. The highest BCUT2D eigenvalue weighted by molar-refractivity contribution is 6.33. The molecule has 0 amide bonds. The third-order valence-corrected chi connectivity index (χ3v) is 3.70. The molecular formula is C17H12ClF3N4O. The first-order valence-electron chi connectivity index (χ1n) is 7.34. The molecule has 2 heterocycles. The quantitative estimate of drug-likeness (QED) is 0.693.